The summed E-state index contributed by atoms with van der Waals surface area (Å²) in [4.78, 5) is 27.5. The molecule has 1 N–H and O–H groups in total. The SMILES string of the molecule is CSc1nnc(CN2C(=O)N[C@@](Cc3ccccc3)(c3ccccc3)C2=O)s1. The van der Waals surface area contributed by atoms with E-state index < -0.39 is 11.6 Å². The molecule has 3 aromatic rings. The second-order valence-electron chi connectivity index (χ2n) is 6.42. The van der Waals surface area contributed by atoms with Crippen molar-refractivity contribution in [2.45, 2.75) is 22.8 Å². The number of urea groups is 1. The molecule has 1 aliphatic rings. The third kappa shape index (κ3) is 3.41. The quantitative estimate of drug-likeness (QED) is 0.498. The van der Waals surface area contributed by atoms with E-state index >= 15 is 0 Å². The Morgan fingerprint density at radius 1 is 1.04 bits per heavy atom. The van der Waals surface area contributed by atoms with Gasteiger partial charge in [-0.15, -0.1) is 10.2 Å². The van der Waals surface area contributed by atoms with E-state index in [9.17, 15) is 9.59 Å². The van der Waals surface area contributed by atoms with Gasteiger partial charge < -0.3 is 5.32 Å². The van der Waals surface area contributed by atoms with E-state index in [1.807, 2.05) is 66.9 Å². The predicted octanol–water partition coefficient (Wildman–Crippen LogP) is 3.45. The molecule has 0 spiro atoms. The van der Waals surface area contributed by atoms with Crippen molar-refractivity contribution in [3.8, 4) is 0 Å². The number of rotatable bonds is 6. The number of amides is 3. The molecule has 28 heavy (non-hydrogen) atoms. The molecule has 0 bridgehead atoms. The number of hydrogen-bond donors (Lipinski definition) is 1. The van der Waals surface area contributed by atoms with Crippen LogP contribution in [0.1, 0.15) is 16.1 Å². The lowest BCUT2D eigenvalue weighted by atomic mass is 9.83. The van der Waals surface area contributed by atoms with E-state index in [0.717, 1.165) is 15.5 Å². The fourth-order valence-electron chi connectivity index (χ4n) is 3.33. The first-order chi connectivity index (χ1) is 13.6. The first-order valence-corrected chi connectivity index (χ1v) is 10.8. The minimum atomic E-state index is -1.13. The van der Waals surface area contributed by atoms with Crippen molar-refractivity contribution in [2.75, 3.05) is 6.26 Å². The first kappa shape index (κ1) is 18.6. The van der Waals surface area contributed by atoms with E-state index in [4.69, 9.17) is 0 Å². The number of hydrogen-bond acceptors (Lipinski definition) is 6. The van der Waals surface area contributed by atoms with Gasteiger partial charge in [0.1, 0.15) is 5.01 Å². The second-order valence-corrected chi connectivity index (χ2v) is 8.54. The van der Waals surface area contributed by atoms with Gasteiger partial charge in [-0.25, -0.2) is 4.79 Å². The van der Waals surface area contributed by atoms with Crippen LogP contribution in [0.25, 0.3) is 0 Å². The molecule has 1 saturated heterocycles. The third-order valence-corrected chi connectivity index (χ3v) is 6.55. The van der Waals surface area contributed by atoms with Crippen molar-refractivity contribution in [2.24, 2.45) is 0 Å². The minimum Gasteiger partial charge on any atom is -0.319 e. The predicted molar refractivity (Wildman–Crippen MR) is 109 cm³/mol. The lowest BCUT2D eigenvalue weighted by Gasteiger charge is -2.27. The van der Waals surface area contributed by atoms with Crippen LogP contribution in [0.15, 0.2) is 65.0 Å². The molecule has 1 fully saturated rings. The van der Waals surface area contributed by atoms with Crippen molar-refractivity contribution >= 4 is 35.0 Å². The van der Waals surface area contributed by atoms with E-state index in [-0.39, 0.29) is 12.5 Å². The second kappa shape index (κ2) is 7.73. The molecule has 1 aliphatic heterocycles. The summed E-state index contributed by atoms with van der Waals surface area (Å²) >= 11 is 2.88. The highest BCUT2D eigenvalue weighted by atomic mass is 32.2. The Hall–Kier alpha value is -2.71. The lowest BCUT2D eigenvalue weighted by molar-refractivity contribution is -0.132. The number of carbonyl (C=O) groups excluding carboxylic acids is 2. The van der Waals surface area contributed by atoms with Crippen LogP contribution in [0.5, 0.6) is 0 Å². The number of imide groups is 1. The van der Waals surface area contributed by atoms with Crippen LogP contribution < -0.4 is 5.32 Å². The van der Waals surface area contributed by atoms with E-state index in [0.29, 0.717) is 11.4 Å². The molecule has 2 heterocycles. The lowest BCUT2D eigenvalue weighted by Crippen LogP contribution is -2.46. The summed E-state index contributed by atoms with van der Waals surface area (Å²) < 4.78 is 0.806. The largest absolute Gasteiger partial charge is 0.325 e. The molecule has 4 rings (SSSR count). The summed E-state index contributed by atoms with van der Waals surface area (Å²) in [6.45, 7) is 0.117. The minimum absolute atomic E-state index is 0.117. The molecule has 3 amide bonds. The topological polar surface area (TPSA) is 75.2 Å². The molecule has 0 saturated carbocycles. The summed E-state index contributed by atoms with van der Waals surface area (Å²) in [5.41, 5.74) is 0.608. The maximum absolute atomic E-state index is 13.5. The molecule has 1 atom stereocenters. The van der Waals surface area contributed by atoms with Crippen molar-refractivity contribution in [3.05, 3.63) is 76.8 Å². The Morgan fingerprint density at radius 2 is 1.71 bits per heavy atom. The number of nitrogens with one attached hydrogen (secondary N) is 1. The molecule has 8 heteroatoms. The molecule has 0 unspecified atom stereocenters. The fraction of sp³-hybridized carbons (Fsp3) is 0.200. The van der Waals surface area contributed by atoms with Crippen molar-refractivity contribution in [1.82, 2.24) is 20.4 Å². The van der Waals surface area contributed by atoms with Crippen LogP contribution in [0.4, 0.5) is 4.79 Å². The third-order valence-electron chi connectivity index (χ3n) is 4.67. The van der Waals surface area contributed by atoms with Gasteiger partial charge in [0.15, 0.2) is 9.88 Å². The van der Waals surface area contributed by atoms with E-state index in [2.05, 4.69) is 15.5 Å². The Kier molecular flexibility index (Phi) is 5.15. The van der Waals surface area contributed by atoms with Gasteiger partial charge in [0.05, 0.1) is 6.54 Å². The average molecular weight is 411 g/mol. The number of benzene rings is 2. The Balaban J connectivity index is 1.70. The number of aromatic nitrogens is 2. The molecule has 6 nitrogen and oxygen atoms in total. The molecular formula is C20H18N4O2S2. The molecule has 2 aromatic carbocycles. The first-order valence-electron chi connectivity index (χ1n) is 8.72. The van der Waals surface area contributed by atoms with Gasteiger partial charge in [0, 0.05) is 6.42 Å². The molecular weight excluding hydrogens is 392 g/mol. The van der Waals surface area contributed by atoms with Gasteiger partial charge >= 0.3 is 6.03 Å². The smallest absolute Gasteiger partial charge is 0.319 e. The van der Waals surface area contributed by atoms with E-state index in [1.54, 1.807) is 0 Å². The van der Waals surface area contributed by atoms with E-state index in [1.165, 1.54) is 28.0 Å². The highest BCUT2D eigenvalue weighted by molar-refractivity contribution is 8.00. The average Bonchev–Trinajstić information content (AvgIpc) is 3.28. The number of nitrogens with zero attached hydrogens (tertiary/aromatic N) is 3. The Labute approximate surface area is 171 Å². The van der Waals surface area contributed by atoms with Crippen LogP contribution in [0.2, 0.25) is 0 Å². The summed E-state index contributed by atoms with van der Waals surface area (Å²) in [7, 11) is 0. The van der Waals surface area contributed by atoms with Gasteiger partial charge in [-0.2, -0.15) is 0 Å². The normalized spacial score (nSPS) is 19.1. The zero-order valence-corrected chi connectivity index (χ0v) is 16.8. The maximum Gasteiger partial charge on any atom is 0.325 e. The van der Waals surface area contributed by atoms with Gasteiger partial charge in [0.2, 0.25) is 0 Å². The summed E-state index contributed by atoms with van der Waals surface area (Å²) in [5.74, 6) is -0.270. The van der Waals surface area contributed by atoms with Gasteiger partial charge in [-0.1, -0.05) is 83.8 Å². The maximum atomic E-state index is 13.5. The fourth-order valence-corrected chi connectivity index (χ4v) is 4.63. The van der Waals surface area contributed by atoms with Crippen LogP contribution in [0.3, 0.4) is 0 Å². The van der Waals surface area contributed by atoms with Crippen molar-refractivity contribution < 1.29 is 9.59 Å². The highest BCUT2D eigenvalue weighted by Crippen LogP contribution is 2.34. The summed E-state index contributed by atoms with van der Waals surface area (Å²) in [6.07, 6.45) is 2.30. The molecule has 1 aromatic heterocycles. The monoisotopic (exact) mass is 410 g/mol. The Morgan fingerprint density at radius 3 is 2.36 bits per heavy atom. The summed E-state index contributed by atoms with van der Waals surface area (Å²) in [5, 5.41) is 11.7. The summed E-state index contributed by atoms with van der Waals surface area (Å²) in [6, 6.07) is 18.7. The zero-order chi connectivity index (χ0) is 19.6. The van der Waals surface area contributed by atoms with Crippen LogP contribution in [-0.4, -0.2) is 33.3 Å². The standard InChI is InChI=1S/C20H18N4O2S2/c1-27-19-23-22-16(28-19)13-24-17(25)20(21-18(24)26,15-10-6-3-7-11-15)12-14-8-4-2-5-9-14/h2-11H,12-13H2,1H3,(H,21,26)/t20-/m0/s1. The van der Waals surface area contributed by atoms with Gasteiger partial charge in [-0.3, -0.25) is 9.69 Å². The van der Waals surface area contributed by atoms with Crippen molar-refractivity contribution in [1.29, 1.82) is 0 Å². The van der Waals surface area contributed by atoms with Crippen LogP contribution >= 0.6 is 23.1 Å². The van der Waals surface area contributed by atoms with Gasteiger partial charge in [0.25, 0.3) is 5.91 Å². The number of carbonyl (C=O) groups is 2. The van der Waals surface area contributed by atoms with Crippen LogP contribution in [0, 0.1) is 0 Å². The van der Waals surface area contributed by atoms with Crippen molar-refractivity contribution in [3.63, 3.8) is 0 Å². The zero-order valence-electron chi connectivity index (χ0n) is 15.2. The Bertz CT molecular complexity index is 994. The van der Waals surface area contributed by atoms with Gasteiger partial charge in [-0.05, 0) is 17.4 Å². The molecule has 142 valence electrons. The number of thioether (sulfide) groups is 1. The molecule has 0 aliphatic carbocycles. The van der Waals surface area contributed by atoms with Crippen LogP contribution in [-0.2, 0) is 23.3 Å². The highest BCUT2D eigenvalue weighted by Gasteiger charge is 2.52. The molecule has 0 radical (unpaired) electrons.